The molecule has 0 spiro atoms. The second-order valence-electron chi connectivity index (χ2n) is 6.48. The Labute approximate surface area is 178 Å². The van der Waals surface area contributed by atoms with Gasteiger partial charge in [0, 0.05) is 33.8 Å². The smallest absolute Gasteiger partial charge is 0.373 e. The largest absolute Gasteiger partial charge is 0.477 e. The van der Waals surface area contributed by atoms with E-state index in [-0.39, 0.29) is 5.76 Å². The molecule has 0 saturated carbocycles. The van der Waals surface area contributed by atoms with Crippen LogP contribution in [0.2, 0.25) is 0 Å². The minimum atomic E-state index is -1.46. The topological polar surface area (TPSA) is 148 Å². The van der Waals surface area contributed by atoms with Crippen LogP contribution in [0, 0.1) is 6.57 Å². The van der Waals surface area contributed by atoms with Crippen molar-refractivity contribution < 1.29 is 47.7 Å². The SMILES string of the molecule is [C-]#[N+][C@H]1C=C(C(=O)OC)O[C@H]([C@@H](OC(C)=O)[C@@H](COC(C)=O)OC(C)=O)[C@@H]1NC(C)=O. The number of hydrogen-bond acceptors (Lipinski definition) is 10. The third-order valence-corrected chi connectivity index (χ3v) is 3.97. The van der Waals surface area contributed by atoms with Gasteiger partial charge in [0.05, 0.1) is 7.11 Å². The molecular weight excluding hydrogens is 416 g/mol. The first kappa shape index (κ1) is 25.4. The maximum Gasteiger partial charge on any atom is 0.373 e. The summed E-state index contributed by atoms with van der Waals surface area (Å²) >= 11 is 0. The Morgan fingerprint density at radius 1 is 1.10 bits per heavy atom. The van der Waals surface area contributed by atoms with E-state index < -0.39 is 66.8 Å². The van der Waals surface area contributed by atoms with Gasteiger partial charge in [-0.2, -0.15) is 0 Å². The Bertz CT molecular complexity index is 800. The molecule has 0 unspecified atom stereocenters. The number of hydrogen-bond donors (Lipinski definition) is 1. The van der Waals surface area contributed by atoms with Gasteiger partial charge in [0.25, 0.3) is 6.04 Å². The second kappa shape index (κ2) is 11.5. The van der Waals surface area contributed by atoms with E-state index in [2.05, 4.69) is 14.9 Å². The third-order valence-electron chi connectivity index (χ3n) is 3.97. The maximum absolute atomic E-state index is 12.0. The van der Waals surface area contributed by atoms with E-state index in [4.69, 9.17) is 25.5 Å². The molecule has 1 N–H and O–H groups in total. The monoisotopic (exact) mass is 440 g/mol. The second-order valence-corrected chi connectivity index (χ2v) is 6.48. The van der Waals surface area contributed by atoms with Crippen molar-refractivity contribution in [1.82, 2.24) is 5.32 Å². The van der Waals surface area contributed by atoms with Crippen LogP contribution in [0.1, 0.15) is 27.7 Å². The lowest BCUT2D eigenvalue weighted by Gasteiger charge is -2.38. The van der Waals surface area contributed by atoms with Gasteiger partial charge in [0.2, 0.25) is 11.7 Å². The number of nitrogens with one attached hydrogen (secondary N) is 1. The average Bonchev–Trinajstić information content (AvgIpc) is 2.68. The molecule has 5 atom stereocenters. The molecule has 0 aliphatic carbocycles. The van der Waals surface area contributed by atoms with Gasteiger partial charge in [-0.1, -0.05) is 0 Å². The van der Waals surface area contributed by atoms with Crippen LogP contribution in [0.3, 0.4) is 0 Å². The van der Waals surface area contributed by atoms with Crippen LogP contribution in [0.4, 0.5) is 0 Å². The predicted octanol–water partition coefficient (Wildman–Crippen LogP) is -0.339. The van der Waals surface area contributed by atoms with E-state index in [9.17, 15) is 24.0 Å². The predicted molar refractivity (Wildman–Crippen MR) is 101 cm³/mol. The first-order valence-corrected chi connectivity index (χ1v) is 9.08. The standard InChI is InChI=1S/C19H24N2O10/c1-9(22)21-16-13(20-5)7-14(19(26)27-6)31-18(16)17(30-12(4)25)15(29-11(3)24)8-28-10(2)23/h7,13,15-18H,8H2,1-4,6H3,(H,21,22)/t13-,15+,16+,17-,18-/m0/s1. The average molecular weight is 440 g/mol. The molecule has 1 amide bonds. The van der Waals surface area contributed by atoms with Gasteiger partial charge in [-0.3, -0.25) is 19.2 Å². The lowest BCUT2D eigenvalue weighted by molar-refractivity contribution is -0.187. The summed E-state index contributed by atoms with van der Waals surface area (Å²) in [6.07, 6.45) is -3.04. The molecule has 12 nitrogen and oxygen atoms in total. The van der Waals surface area contributed by atoms with Gasteiger partial charge in [-0.05, 0) is 0 Å². The summed E-state index contributed by atoms with van der Waals surface area (Å²) in [4.78, 5) is 61.9. The van der Waals surface area contributed by atoms with Gasteiger partial charge < -0.3 is 33.8 Å². The van der Waals surface area contributed by atoms with Crippen LogP contribution in [0.15, 0.2) is 11.8 Å². The van der Waals surface area contributed by atoms with Gasteiger partial charge in [0.15, 0.2) is 18.3 Å². The number of ether oxygens (including phenoxy) is 5. The molecule has 1 heterocycles. The van der Waals surface area contributed by atoms with Gasteiger partial charge in [0.1, 0.15) is 12.6 Å². The molecule has 0 aromatic carbocycles. The van der Waals surface area contributed by atoms with Crippen LogP contribution < -0.4 is 5.32 Å². The highest BCUT2D eigenvalue weighted by atomic mass is 16.6. The van der Waals surface area contributed by atoms with Crippen molar-refractivity contribution in [3.63, 3.8) is 0 Å². The van der Waals surface area contributed by atoms with Crippen molar-refractivity contribution in [2.24, 2.45) is 0 Å². The number of amides is 1. The Kier molecular flexibility index (Phi) is 9.46. The molecule has 31 heavy (non-hydrogen) atoms. The minimum absolute atomic E-state index is 0.360. The highest BCUT2D eigenvalue weighted by Gasteiger charge is 2.50. The third kappa shape index (κ3) is 7.61. The first-order valence-electron chi connectivity index (χ1n) is 9.08. The lowest BCUT2D eigenvalue weighted by Crippen LogP contribution is -2.60. The van der Waals surface area contributed by atoms with Crippen molar-refractivity contribution in [1.29, 1.82) is 0 Å². The zero-order valence-corrected chi connectivity index (χ0v) is 17.7. The van der Waals surface area contributed by atoms with Crippen LogP contribution in [0.25, 0.3) is 4.85 Å². The Hall–Kier alpha value is -3.62. The minimum Gasteiger partial charge on any atom is -0.477 e. The Balaban J connectivity index is 3.51. The van der Waals surface area contributed by atoms with E-state index in [1.165, 1.54) is 6.92 Å². The number of carbonyl (C=O) groups is 5. The first-order chi connectivity index (χ1) is 14.5. The lowest BCUT2D eigenvalue weighted by atomic mass is 9.92. The van der Waals surface area contributed by atoms with Crippen LogP contribution in [-0.2, 0) is 47.7 Å². The zero-order chi connectivity index (χ0) is 23.7. The summed E-state index contributed by atoms with van der Waals surface area (Å²) in [7, 11) is 1.10. The summed E-state index contributed by atoms with van der Waals surface area (Å²) in [5, 5.41) is 2.52. The number of nitrogens with zero attached hydrogens (tertiary/aromatic N) is 1. The fourth-order valence-electron chi connectivity index (χ4n) is 2.87. The summed E-state index contributed by atoms with van der Waals surface area (Å²) in [6.45, 7) is 11.4. The number of rotatable bonds is 8. The molecule has 1 rings (SSSR count). The number of carbonyl (C=O) groups excluding carboxylic acids is 5. The summed E-state index contributed by atoms with van der Waals surface area (Å²) in [6, 6.07) is -2.22. The van der Waals surface area contributed by atoms with Gasteiger partial charge in [-0.15, -0.1) is 0 Å². The van der Waals surface area contributed by atoms with Crippen LogP contribution in [-0.4, -0.2) is 73.9 Å². The quantitative estimate of drug-likeness (QED) is 0.302. The molecule has 0 aromatic heterocycles. The Morgan fingerprint density at radius 3 is 2.16 bits per heavy atom. The maximum atomic E-state index is 12.0. The van der Waals surface area contributed by atoms with Crippen molar-refractivity contribution in [2.45, 2.75) is 58.1 Å². The van der Waals surface area contributed by atoms with Crippen molar-refractivity contribution >= 4 is 29.8 Å². The molecule has 1 aliphatic rings. The van der Waals surface area contributed by atoms with E-state index in [0.29, 0.717) is 0 Å². The van der Waals surface area contributed by atoms with Crippen LogP contribution in [0.5, 0.6) is 0 Å². The van der Waals surface area contributed by atoms with Gasteiger partial charge in [-0.25, -0.2) is 11.4 Å². The molecule has 1 aliphatic heterocycles. The zero-order valence-electron chi connectivity index (χ0n) is 17.7. The normalized spacial score (nSPS) is 21.7. The summed E-state index contributed by atoms with van der Waals surface area (Å²) in [5.74, 6) is -4.11. The van der Waals surface area contributed by atoms with E-state index >= 15 is 0 Å². The van der Waals surface area contributed by atoms with Crippen LogP contribution >= 0.6 is 0 Å². The fourth-order valence-corrected chi connectivity index (χ4v) is 2.87. The molecule has 0 fully saturated rings. The molecule has 12 heteroatoms. The molecule has 0 saturated heterocycles. The number of esters is 4. The van der Waals surface area contributed by atoms with E-state index in [1.807, 2.05) is 0 Å². The fraction of sp³-hybridized carbons (Fsp3) is 0.579. The Morgan fingerprint density at radius 2 is 1.71 bits per heavy atom. The highest BCUT2D eigenvalue weighted by molar-refractivity contribution is 5.86. The van der Waals surface area contributed by atoms with Crippen molar-refractivity contribution in [3.05, 3.63) is 23.3 Å². The van der Waals surface area contributed by atoms with Crippen molar-refractivity contribution in [3.8, 4) is 0 Å². The summed E-state index contributed by atoms with van der Waals surface area (Å²) in [5.41, 5.74) is 0. The van der Waals surface area contributed by atoms with Gasteiger partial charge >= 0.3 is 23.9 Å². The summed E-state index contributed by atoms with van der Waals surface area (Å²) < 4.78 is 25.6. The molecule has 170 valence electrons. The molecule has 0 aromatic rings. The number of methoxy groups -OCH3 is 1. The van der Waals surface area contributed by atoms with Crippen molar-refractivity contribution in [2.75, 3.05) is 13.7 Å². The molecule has 0 radical (unpaired) electrons. The highest BCUT2D eigenvalue weighted by Crippen LogP contribution is 2.28. The van der Waals surface area contributed by atoms with E-state index in [0.717, 1.165) is 34.0 Å². The molecule has 0 bridgehead atoms. The van der Waals surface area contributed by atoms with E-state index in [1.54, 1.807) is 0 Å². The molecular formula is C19H24N2O10.